The maximum Gasteiger partial charge on any atom is 0.102 e. The van der Waals surface area contributed by atoms with E-state index in [0.29, 0.717) is 13.2 Å². The second-order valence-electron chi connectivity index (χ2n) is 3.87. The maximum atomic E-state index is 9.26. The molecule has 0 saturated heterocycles. The average molecular weight is 264 g/mol. The summed E-state index contributed by atoms with van der Waals surface area (Å²) in [5.41, 5.74) is 1.62. The lowest BCUT2D eigenvalue weighted by Crippen LogP contribution is -2.20. The SMILES string of the molecule is CCOC(C)CNc1cccc(SCC)c1C#N. The van der Waals surface area contributed by atoms with E-state index >= 15 is 0 Å². The van der Waals surface area contributed by atoms with Gasteiger partial charge in [-0.25, -0.2) is 0 Å². The molecule has 0 amide bonds. The third-order valence-electron chi connectivity index (χ3n) is 2.47. The molecule has 4 heteroatoms. The number of benzene rings is 1. The van der Waals surface area contributed by atoms with E-state index in [0.717, 1.165) is 21.9 Å². The summed E-state index contributed by atoms with van der Waals surface area (Å²) in [6.45, 7) is 7.51. The number of rotatable bonds is 7. The summed E-state index contributed by atoms with van der Waals surface area (Å²) >= 11 is 1.69. The van der Waals surface area contributed by atoms with E-state index < -0.39 is 0 Å². The molecule has 1 aromatic rings. The number of anilines is 1. The van der Waals surface area contributed by atoms with Crippen LogP contribution in [0.3, 0.4) is 0 Å². The fraction of sp³-hybridized carbons (Fsp3) is 0.500. The van der Waals surface area contributed by atoms with Crippen LogP contribution in [0.15, 0.2) is 23.1 Å². The van der Waals surface area contributed by atoms with E-state index in [1.165, 1.54) is 0 Å². The van der Waals surface area contributed by atoms with E-state index in [2.05, 4.69) is 18.3 Å². The largest absolute Gasteiger partial charge is 0.381 e. The Bertz CT molecular complexity index is 415. The van der Waals surface area contributed by atoms with Crippen LogP contribution in [-0.2, 0) is 4.74 Å². The van der Waals surface area contributed by atoms with E-state index in [-0.39, 0.29) is 6.10 Å². The molecule has 0 fully saturated rings. The lowest BCUT2D eigenvalue weighted by Gasteiger charge is -2.15. The molecule has 0 bridgehead atoms. The second kappa shape index (κ2) is 8.02. The van der Waals surface area contributed by atoms with Crippen molar-refractivity contribution < 1.29 is 4.74 Å². The van der Waals surface area contributed by atoms with Gasteiger partial charge in [0.2, 0.25) is 0 Å². The summed E-state index contributed by atoms with van der Waals surface area (Å²) in [6.07, 6.45) is 0.143. The lowest BCUT2D eigenvalue weighted by molar-refractivity contribution is 0.0855. The Morgan fingerprint density at radius 3 is 2.83 bits per heavy atom. The minimum Gasteiger partial charge on any atom is -0.381 e. The summed E-state index contributed by atoms with van der Waals surface area (Å²) in [6, 6.07) is 8.19. The van der Waals surface area contributed by atoms with Crippen molar-refractivity contribution in [2.75, 3.05) is 24.2 Å². The van der Waals surface area contributed by atoms with Gasteiger partial charge in [-0.05, 0) is 31.7 Å². The molecule has 1 unspecified atom stereocenters. The van der Waals surface area contributed by atoms with E-state index in [4.69, 9.17) is 4.74 Å². The molecule has 18 heavy (non-hydrogen) atoms. The monoisotopic (exact) mass is 264 g/mol. The van der Waals surface area contributed by atoms with Crippen molar-refractivity contribution in [2.24, 2.45) is 0 Å². The molecular weight excluding hydrogens is 244 g/mol. The number of thioether (sulfide) groups is 1. The van der Waals surface area contributed by atoms with Crippen molar-refractivity contribution in [3.05, 3.63) is 23.8 Å². The number of nitrogens with one attached hydrogen (secondary N) is 1. The smallest absolute Gasteiger partial charge is 0.102 e. The van der Waals surface area contributed by atoms with Crippen LogP contribution in [0.25, 0.3) is 0 Å². The van der Waals surface area contributed by atoms with Crippen molar-refractivity contribution in [1.82, 2.24) is 0 Å². The Kier molecular flexibility index (Phi) is 6.63. The Morgan fingerprint density at radius 2 is 2.22 bits per heavy atom. The van der Waals surface area contributed by atoms with Gasteiger partial charge in [-0.15, -0.1) is 11.8 Å². The zero-order valence-corrected chi connectivity index (χ0v) is 12.0. The summed E-state index contributed by atoms with van der Waals surface area (Å²) in [4.78, 5) is 1.04. The molecule has 0 aliphatic rings. The zero-order chi connectivity index (χ0) is 13.4. The molecule has 1 atom stereocenters. The van der Waals surface area contributed by atoms with Crippen LogP contribution in [0.2, 0.25) is 0 Å². The van der Waals surface area contributed by atoms with Gasteiger partial charge in [0, 0.05) is 18.0 Å². The topological polar surface area (TPSA) is 45.0 Å². The standard InChI is InChI=1S/C14H20N2OS/c1-4-17-11(3)10-16-13-7-6-8-14(18-5-2)12(13)9-15/h6-8,11,16H,4-5,10H2,1-3H3. The van der Waals surface area contributed by atoms with Crippen molar-refractivity contribution in [3.8, 4) is 6.07 Å². The first-order valence-corrected chi connectivity index (χ1v) is 7.22. The predicted octanol–water partition coefficient (Wildman–Crippen LogP) is 3.51. The third kappa shape index (κ3) is 4.25. The van der Waals surface area contributed by atoms with Gasteiger partial charge in [-0.1, -0.05) is 13.0 Å². The van der Waals surface area contributed by atoms with Gasteiger partial charge in [0.25, 0.3) is 0 Å². The summed E-state index contributed by atoms with van der Waals surface area (Å²) in [7, 11) is 0. The first-order valence-electron chi connectivity index (χ1n) is 6.24. The first kappa shape index (κ1) is 14.9. The fourth-order valence-electron chi connectivity index (χ4n) is 1.67. The quantitative estimate of drug-likeness (QED) is 0.765. The summed E-state index contributed by atoms with van der Waals surface area (Å²) in [5, 5.41) is 12.5. The van der Waals surface area contributed by atoms with Crippen molar-refractivity contribution >= 4 is 17.4 Å². The van der Waals surface area contributed by atoms with Crippen molar-refractivity contribution in [2.45, 2.75) is 31.8 Å². The molecule has 0 aliphatic carbocycles. The van der Waals surface area contributed by atoms with E-state index in [9.17, 15) is 5.26 Å². The molecule has 1 aromatic carbocycles. The highest BCUT2D eigenvalue weighted by molar-refractivity contribution is 7.99. The molecular formula is C14H20N2OS. The molecule has 3 nitrogen and oxygen atoms in total. The van der Waals surface area contributed by atoms with Crippen LogP contribution in [0, 0.1) is 11.3 Å². The predicted molar refractivity (Wildman–Crippen MR) is 77.1 cm³/mol. The van der Waals surface area contributed by atoms with E-state index in [1.807, 2.05) is 32.0 Å². The molecule has 0 heterocycles. The molecule has 0 aliphatic heterocycles. The van der Waals surface area contributed by atoms with Gasteiger partial charge < -0.3 is 10.1 Å². The number of nitriles is 1. The molecule has 1 rings (SSSR count). The molecule has 0 spiro atoms. The molecule has 98 valence electrons. The minimum atomic E-state index is 0.143. The van der Waals surface area contributed by atoms with Gasteiger partial charge in [0.15, 0.2) is 0 Å². The molecule has 0 radical (unpaired) electrons. The van der Waals surface area contributed by atoms with Crippen LogP contribution < -0.4 is 5.32 Å². The fourth-order valence-corrected chi connectivity index (χ4v) is 2.45. The van der Waals surface area contributed by atoms with Gasteiger partial charge >= 0.3 is 0 Å². The molecule has 0 saturated carbocycles. The van der Waals surface area contributed by atoms with Crippen molar-refractivity contribution in [1.29, 1.82) is 5.26 Å². The zero-order valence-electron chi connectivity index (χ0n) is 11.2. The number of nitrogens with zero attached hydrogens (tertiary/aromatic N) is 1. The van der Waals surface area contributed by atoms with Gasteiger partial charge in [0.1, 0.15) is 6.07 Å². The Morgan fingerprint density at radius 1 is 1.44 bits per heavy atom. The minimum absolute atomic E-state index is 0.143. The number of ether oxygens (including phenoxy) is 1. The Hall–Kier alpha value is -1.18. The first-order chi connectivity index (χ1) is 8.72. The van der Waals surface area contributed by atoms with Crippen LogP contribution in [0.4, 0.5) is 5.69 Å². The highest BCUT2D eigenvalue weighted by atomic mass is 32.2. The van der Waals surface area contributed by atoms with Crippen LogP contribution in [0.1, 0.15) is 26.3 Å². The average Bonchev–Trinajstić information content (AvgIpc) is 2.37. The number of hydrogen-bond donors (Lipinski definition) is 1. The van der Waals surface area contributed by atoms with Crippen molar-refractivity contribution in [3.63, 3.8) is 0 Å². The highest BCUT2D eigenvalue weighted by Crippen LogP contribution is 2.27. The molecule has 0 aromatic heterocycles. The van der Waals surface area contributed by atoms with Gasteiger partial charge in [-0.2, -0.15) is 5.26 Å². The van der Waals surface area contributed by atoms with Crippen LogP contribution >= 0.6 is 11.8 Å². The lowest BCUT2D eigenvalue weighted by atomic mass is 10.2. The summed E-state index contributed by atoms with van der Waals surface area (Å²) in [5.74, 6) is 0.966. The summed E-state index contributed by atoms with van der Waals surface area (Å²) < 4.78 is 5.46. The van der Waals surface area contributed by atoms with Gasteiger partial charge in [-0.3, -0.25) is 0 Å². The highest BCUT2D eigenvalue weighted by Gasteiger charge is 2.09. The Balaban J connectivity index is 2.76. The maximum absolute atomic E-state index is 9.26. The third-order valence-corrected chi connectivity index (χ3v) is 3.41. The second-order valence-corrected chi connectivity index (χ2v) is 5.18. The van der Waals surface area contributed by atoms with Crippen LogP contribution in [-0.4, -0.2) is 25.0 Å². The molecule has 1 N–H and O–H groups in total. The number of hydrogen-bond acceptors (Lipinski definition) is 4. The van der Waals surface area contributed by atoms with Crippen LogP contribution in [0.5, 0.6) is 0 Å². The normalized spacial score (nSPS) is 11.9. The van der Waals surface area contributed by atoms with E-state index in [1.54, 1.807) is 11.8 Å². The van der Waals surface area contributed by atoms with Gasteiger partial charge in [0.05, 0.1) is 17.4 Å². The Labute approximate surface area is 114 Å².